The number of ether oxygens (including phenoxy) is 1. The number of pyridine rings is 1. The Morgan fingerprint density at radius 2 is 2.25 bits per heavy atom. The zero-order valence-electron chi connectivity index (χ0n) is 8.74. The van der Waals surface area contributed by atoms with Crippen LogP contribution in [-0.4, -0.2) is 11.0 Å². The summed E-state index contributed by atoms with van der Waals surface area (Å²) in [6.07, 6.45) is 2.02. The molecular weight excluding hydrogens is 317 g/mol. The largest absolute Gasteiger partial charge is 0.426 e. The maximum atomic E-state index is 11.3. The molecule has 0 saturated heterocycles. The zero-order chi connectivity index (χ0) is 11.5. The van der Waals surface area contributed by atoms with Crippen molar-refractivity contribution in [3.63, 3.8) is 0 Å². The fraction of sp³-hybridized carbons (Fsp3) is 0.167. The molecule has 0 radical (unpaired) electrons. The van der Waals surface area contributed by atoms with E-state index in [2.05, 4.69) is 27.6 Å². The average molecular weight is 327 g/mol. The quantitative estimate of drug-likeness (QED) is 0.628. The Morgan fingerprint density at radius 3 is 3.00 bits per heavy atom. The van der Waals surface area contributed by atoms with Crippen molar-refractivity contribution in [2.24, 2.45) is 0 Å². The van der Waals surface area contributed by atoms with Crippen LogP contribution in [0.1, 0.15) is 13.3 Å². The van der Waals surface area contributed by atoms with E-state index >= 15 is 0 Å². The standard InChI is InChI=1S/C12H10INO2/c1-2-12(15)16-11-5-6-14-10-4-3-8(13)7-9(10)11/h3-7H,2H2,1H3. The highest BCUT2D eigenvalue weighted by Gasteiger charge is 2.07. The van der Waals surface area contributed by atoms with Gasteiger partial charge in [-0.2, -0.15) is 0 Å². The molecule has 0 atom stereocenters. The van der Waals surface area contributed by atoms with Crippen LogP contribution in [0.5, 0.6) is 5.75 Å². The molecule has 2 rings (SSSR count). The second kappa shape index (κ2) is 4.78. The Morgan fingerprint density at radius 1 is 1.44 bits per heavy atom. The van der Waals surface area contributed by atoms with Crippen molar-refractivity contribution in [3.8, 4) is 5.75 Å². The smallest absolute Gasteiger partial charge is 0.310 e. The summed E-state index contributed by atoms with van der Waals surface area (Å²) in [7, 11) is 0. The van der Waals surface area contributed by atoms with Crippen LogP contribution < -0.4 is 4.74 Å². The minimum atomic E-state index is -0.230. The van der Waals surface area contributed by atoms with Gasteiger partial charge in [-0.3, -0.25) is 9.78 Å². The third kappa shape index (κ3) is 2.32. The topological polar surface area (TPSA) is 39.2 Å². The lowest BCUT2D eigenvalue weighted by molar-refractivity contribution is -0.133. The van der Waals surface area contributed by atoms with Gasteiger partial charge in [-0.05, 0) is 46.9 Å². The van der Waals surface area contributed by atoms with Crippen LogP contribution >= 0.6 is 22.6 Å². The molecule has 3 nitrogen and oxygen atoms in total. The van der Waals surface area contributed by atoms with Crippen LogP contribution in [0.2, 0.25) is 0 Å². The molecule has 0 aliphatic rings. The van der Waals surface area contributed by atoms with Gasteiger partial charge in [-0.25, -0.2) is 0 Å². The molecule has 0 aliphatic carbocycles. The fourth-order valence-corrected chi connectivity index (χ4v) is 1.87. The van der Waals surface area contributed by atoms with Gasteiger partial charge >= 0.3 is 5.97 Å². The molecule has 0 unspecified atom stereocenters. The Hall–Kier alpha value is -1.17. The summed E-state index contributed by atoms with van der Waals surface area (Å²) >= 11 is 2.22. The van der Waals surface area contributed by atoms with Crippen molar-refractivity contribution in [1.82, 2.24) is 4.98 Å². The Labute approximate surface area is 107 Å². The fourth-order valence-electron chi connectivity index (χ4n) is 1.38. The van der Waals surface area contributed by atoms with Crippen molar-refractivity contribution in [3.05, 3.63) is 34.0 Å². The minimum absolute atomic E-state index is 0.230. The lowest BCUT2D eigenvalue weighted by atomic mass is 10.2. The third-order valence-corrected chi connectivity index (χ3v) is 2.85. The molecule has 0 N–H and O–H groups in total. The number of carbonyl (C=O) groups excluding carboxylic acids is 1. The molecule has 0 amide bonds. The lowest BCUT2D eigenvalue weighted by Crippen LogP contribution is -2.06. The first kappa shape index (κ1) is 11.3. The monoisotopic (exact) mass is 327 g/mol. The van der Waals surface area contributed by atoms with Crippen LogP contribution in [0, 0.1) is 3.57 Å². The number of halogens is 1. The molecule has 0 fully saturated rings. The van der Waals surface area contributed by atoms with Gasteiger partial charge < -0.3 is 4.74 Å². The molecule has 16 heavy (non-hydrogen) atoms. The number of hydrogen-bond donors (Lipinski definition) is 0. The van der Waals surface area contributed by atoms with E-state index in [1.165, 1.54) is 0 Å². The van der Waals surface area contributed by atoms with E-state index in [4.69, 9.17) is 4.74 Å². The first-order chi connectivity index (χ1) is 7.70. The van der Waals surface area contributed by atoms with Crippen molar-refractivity contribution >= 4 is 39.5 Å². The number of carbonyl (C=O) groups is 1. The second-order valence-electron chi connectivity index (χ2n) is 3.30. The van der Waals surface area contributed by atoms with Crippen molar-refractivity contribution in [2.75, 3.05) is 0 Å². The number of aromatic nitrogens is 1. The van der Waals surface area contributed by atoms with Gasteiger partial charge in [0.25, 0.3) is 0 Å². The van der Waals surface area contributed by atoms with Gasteiger partial charge in [0.2, 0.25) is 0 Å². The van der Waals surface area contributed by atoms with E-state index in [0.717, 1.165) is 14.5 Å². The van der Waals surface area contributed by atoms with E-state index in [1.54, 1.807) is 19.2 Å². The van der Waals surface area contributed by atoms with Gasteiger partial charge in [0, 0.05) is 21.6 Å². The van der Waals surface area contributed by atoms with Crippen LogP contribution in [0.25, 0.3) is 10.9 Å². The van der Waals surface area contributed by atoms with Gasteiger partial charge in [0.15, 0.2) is 0 Å². The number of fused-ring (bicyclic) bond motifs is 1. The van der Waals surface area contributed by atoms with E-state index in [0.29, 0.717) is 12.2 Å². The minimum Gasteiger partial charge on any atom is -0.426 e. The third-order valence-electron chi connectivity index (χ3n) is 2.18. The summed E-state index contributed by atoms with van der Waals surface area (Å²) in [5.74, 6) is 0.349. The highest BCUT2D eigenvalue weighted by molar-refractivity contribution is 14.1. The predicted octanol–water partition coefficient (Wildman–Crippen LogP) is 3.15. The summed E-state index contributed by atoms with van der Waals surface area (Å²) in [6, 6.07) is 7.56. The number of rotatable bonds is 2. The summed E-state index contributed by atoms with van der Waals surface area (Å²) < 4.78 is 6.34. The van der Waals surface area contributed by atoms with Gasteiger partial charge in [0.1, 0.15) is 5.75 Å². The van der Waals surface area contributed by atoms with E-state index in [-0.39, 0.29) is 5.97 Å². The van der Waals surface area contributed by atoms with Crippen molar-refractivity contribution in [2.45, 2.75) is 13.3 Å². The normalized spacial score (nSPS) is 10.4. The summed E-state index contributed by atoms with van der Waals surface area (Å²) in [4.78, 5) is 15.5. The number of hydrogen-bond acceptors (Lipinski definition) is 3. The number of nitrogens with zero attached hydrogens (tertiary/aromatic N) is 1. The van der Waals surface area contributed by atoms with Gasteiger partial charge in [0.05, 0.1) is 5.52 Å². The molecule has 0 spiro atoms. The van der Waals surface area contributed by atoms with Gasteiger partial charge in [-0.15, -0.1) is 0 Å². The predicted molar refractivity (Wildman–Crippen MR) is 70.4 cm³/mol. The van der Waals surface area contributed by atoms with Crippen LogP contribution in [0.4, 0.5) is 0 Å². The maximum Gasteiger partial charge on any atom is 0.310 e. The molecule has 82 valence electrons. The molecule has 2 aromatic rings. The van der Waals surface area contributed by atoms with E-state index < -0.39 is 0 Å². The van der Waals surface area contributed by atoms with Gasteiger partial charge in [-0.1, -0.05) is 6.92 Å². The summed E-state index contributed by atoms with van der Waals surface area (Å²) in [5.41, 5.74) is 0.835. The zero-order valence-corrected chi connectivity index (χ0v) is 10.9. The Bertz CT molecular complexity index is 540. The summed E-state index contributed by atoms with van der Waals surface area (Å²) in [6.45, 7) is 1.77. The van der Waals surface area contributed by atoms with Crippen LogP contribution in [-0.2, 0) is 4.79 Å². The van der Waals surface area contributed by atoms with Crippen molar-refractivity contribution in [1.29, 1.82) is 0 Å². The summed E-state index contributed by atoms with van der Waals surface area (Å²) in [5, 5.41) is 0.871. The Balaban J connectivity index is 2.52. The highest BCUT2D eigenvalue weighted by atomic mass is 127. The molecule has 0 bridgehead atoms. The maximum absolute atomic E-state index is 11.3. The molecule has 0 aliphatic heterocycles. The molecule has 1 aromatic carbocycles. The molecule has 1 heterocycles. The highest BCUT2D eigenvalue weighted by Crippen LogP contribution is 2.25. The first-order valence-corrected chi connectivity index (χ1v) is 6.03. The average Bonchev–Trinajstić information content (AvgIpc) is 2.29. The molecule has 4 heteroatoms. The van der Waals surface area contributed by atoms with E-state index in [1.807, 2.05) is 18.2 Å². The molecule has 1 aromatic heterocycles. The van der Waals surface area contributed by atoms with Crippen LogP contribution in [0.3, 0.4) is 0 Å². The molecular formula is C12H10INO2. The van der Waals surface area contributed by atoms with Crippen LogP contribution in [0.15, 0.2) is 30.5 Å². The van der Waals surface area contributed by atoms with E-state index in [9.17, 15) is 4.79 Å². The second-order valence-corrected chi connectivity index (χ2v) is 4.54. The number of esters is 1. The Kier molecular flexibility index (Phi) is 3.38. The van der Waals surface area contributed by atoms with Crippen molar-refractivity contribution < 1.29 is 9.53 Å². The first-order valence-electron chi connectivity index (χ1n) is 4.95. The lowest BCUT2D eigenvalue weighted by Gasteiger charge is -2.06. The molecule has 0 saturated carbocycles. The number of benzene rings is 1. The SMILES string of the molecule is CCC(=O)Oc1ccnc2ccc(I)cc12.